The second kappa shape index (κ2) is 5.44. The van der Waals surface area contributed by atoms with Crippen LogP contribution in [0.1, 0.15) is 25.7 Å². The summed E-state index contributed by atoms with van der Waals surface area (Å²) in [5, 5.41) is 0. The van der Waals surface area contributed by atoms with Crippen molar-refractivity contribution < 1.29 is 4.39 Å². The lowest BCUT2D eigenvalue weighted by Gasteiger charge is -2.16. The quantitative estimate of drug-likeness (QED) is 0.655. The number of allylic oxidation sites excluding steroid dienone is 6. The standard InChI is InChI=1S/C14H20FN/c1-16-10-3-5-13(9-11-16)12-4-2-6-14(15)8-7-12/h4,6-8,13H,2-3,5,9-11H2,1H3. The van der Waals surface area contributed by atoms with Crippen LogP contribution >= 0.6 is 0 Å². The first kappa shape index (κ1) is 11.6. The van der Waals surface area contributed by atoms with E-state index in [2.05, 4.69) is 18.0 Å². The van der Waals surface area contributed by atoms with Crippen molar-refractivity contribution >= 4 is 0 Å². The fraction of sp³-hybridized carbons (Fsp3) is 0.571. The van der Waals surface area contributed by atoms with Gasteiger partial charge in [-0.15, -0.1) is 0 Å². The van der Waals surface area contributed by atoms with E-state index in [1.807, 2.05) is 6.08 Å². The van der Waals surface area contributed by atoms with Gasteiger partial charge in [0.25, 0.3) is 0 Å². The van der Waals surface area contributed by atoms with Gasteiger partial charge in [0.05, 0.1) is 0 Å². The number of nitrogens with zero attached hydrogens (tertiary/aromatic N) is 1. The first-order valence-electron chi connectivity index (χ1n) is 6.18. The van der Waals surface area contributed by atoms with Gasteiger partial charge < -0.3 is 4.90 Å². The van der Waals surface area contributed by atoms with Gasteiger partial charge in [-0.1, -0.05) is 12.2 Å². The minimum atomic E-state index is -0.100. The molecule has 1 unspecified atom stereocenters. The lowest BCUT2D eigenvalue weighted by atomic mass is 9.91. The van der Waals surface area contributed by atoms with Crippen LogP contribution in [0.15, 0.2) is 35.7 Å². The molecular weight excluding hydrogens is 201 g/mol. The lowest BCUT2D eigenvalue weighted by Crippen LogP contribution is -2.19. The second-order valence-corrected chi connectivity index (χ2v) is 4.79. The lowest BCUT2D eigenvalue weighted by molar-refractivity contribution is 0.345. The largest absolute Gasteiger partial charge is 0.306 e. The van der Waals surface area contributed by atoms with Crippen molar-refractivity contribution in [3.63, 3.8) is 0 Å². The Balaban J connectivity index is 2.02. The van der Waals surface area contributed by atoms with Gasteiger partial charge in [-0.3, -0.25) is 0 Å². The van der Waals surface area contributed by atoms with Gasteiger partial charge >= 0.3 is 0 Å². The van der Waals surface area contributed by atoms with Crippen molar-refractivity contribution in [2.24, 2.45) is 5.92 Å². The van der Waals surface area contributed by atoms with E-state index in [-0.39, 0.29) is 5.83 Å². The van der Waals surface area contributed by atoms with Crippen molar-refractivity contribution in [3.8, 4) is 0 Å². The minimum Gasteiger partial charge on any atom is -0.306 e. The summed E-state index contributed by atoms with van der Waals surface area (Å²) in [5.74, 6) is 0.525. The molecule has 1 heterocycles. The van der Waals surface area contributed by atoms with Gasteiger partial charge in [0, 0.05) is 0 Å². The molecule has 0 spiro atoms. The summed E-state index contributed by atoms with van der Waals surface area (Å²) in [6, 6.07) is 0. The van der Waals surface area contributed by atoms with Gasteiger partial charge in [0.2, 0.25) is 0 Å². The van der Waals surface area contributed by atoms with E-state index in [1.165, 1.54) is 31.4 Å². The third-order valence-corrected chi connectivity index (χ3v) is 3.52. The van der Waals surface area contributed by atoms with Crippen LogP contribution < -0.4 is 0 Å². The van der Waals surface area contributed by atoms with E-state index in [0.29, 0.717) is 5.92 Å². The van der Waals surface area contributed by atoms with Crippen molar-refractivity contribution in [2.75, 3.05) is 20.1 Å². The topological polar surface area (TPSA) is 3.24 Å². The van der Waals surface area contributed by atoms with Crippen LogP contribution in [0.25, 0.3) is 0 Å². The van der Waals surface area contributed by atoms with Gasteiger partial charge in [-0.25, -0.2) is 4.39 Å². The van der Waals surface area contributed by atoms with Gasteiger partial charge in [0.15, 0.2) is 0 Å². The molecule has 0 bridgehead atoms. The Hall–Kier alpha value is -0.890. The van der Waals surface area contributed by atoms with Crippen LogP contribution in [0.2, 0.25) is 0 Å². The van der Waals surface area contributed by atoms with Crippen LogP contribution in [0.3, 0.4) is 0 Å². The molecule has 1 saturated heterocycles. The predicted molar refractivity (Wildman–Crippen MR) is 65.9 cm³/mol. The van der Waals surface area contributed by atoms with E-state index in [9.17, 15) is 4.39 Å². The maximum atomic E-state index is 13.1. The Morgan fingerprint density at radius 3 is 2.94 bits per heavy atom. The number of rotatable bonds is 1. The molecule has 0 amide bonds. The summed E-state index contributed by atoms with van der Waals surface area (Å²) < 4.78 is 13.1. The van der Waals surface area contributed by atoms with Gasteiger partial charge in [0.1, 0.15) is 5.83 Å². The van der Waals surface area contributed by atoms with Crippen LogP contribution in [-0.4, -0.2) is 25.0 Å². The first-order valence-corrected chi connectivity index (χ1v) is 6.18. The average Bonchev–Trinajstić information content (AvgIpc) is 2.59. The Bertz CT molecular complexity index is 328. The van der Waals surface area contributed by atoms with E-state index in [0.717, 1.165) is 13.0 Å². The van der Waals surface area contributed by atoms with E-state index < -0.39 is 0 Å². The Labute approximate surface area is 97.3 Å². The summed E-state index contributed by atoms with van der Waals surface area (Å²) >= 11 is 0. The first-order chi connectivity index (χ1) is 7.75. The molecule has 1 aliphatic heterocycles. The monoisotopic (exact) mass is 221 g/mol. The average molecular weight is 221 g/mol. The highest BCUT2D eigenvalue weighted by atomic mass is 19.1. The summed E-state index contributed by atoms with van der Waals surface area (Å²) in [4.78, 5) is 2.39. The van der Waals surface area contributed by atoms with Crippen LogP contribution in [-0.2, 0) is 0 Å². The molecule has 16 heavy (non-hydrogen) atoms. The van der Waals surface area contributed by atoms with Crippen LogP contribution in [0.5, 0.6) is 0 Å². The van der Waals surface area contributed by atoms with E-state index in [1.54, 1.807) is 12.2 Å². The SMILES string of the molecule is CN1CCCC(C2=CCC=C(F)C=C2)CC1. The van der Waals surface area contributed by atoms with Crippen molar-refractivity contribution in [1.82, 2.24) is 4.90 Å². The zero-order chi connectivity index (χ0) is 11.4. The number of hydrogen-bond acceptors (Lipinski definition) is 1. The number of halogens is 1. The van der Waals surface area contributed by atoms with Gasteiger partial charge in [-0.05, 0) is 69.5 Å². The molecule has 1 nitrogen and oxygen atoms in total. The van der Waals surface area contributed by atoms with Crippen molar-refractivity contribution in [2.45, 2.75) is 25.7 Å². The molecule has 0 aromatic carbocycles. The molecule has 1 aliphatic carbocycles. The Kier molecular flexibility index (Phi) is 3.94. The maximum absolute atomic E-state index is 13.1. The third kappa shape index (κ3) is 3.05. The molecule has 0 N–H and O–H groups in total. The molecule has 1 atom stereocenters. The van der Waals surface area contributed by atoms with Crippen molar-refractivity contribution in [1.29, 1.82) is 0 Å². The summed E-state index contributed by atoms with van der Waals surface area (Å²) in [5.41, 5.74) is 1.33. The molecule has 2 rings (SSSR count). The fourth-order valence-electron chi connectivity index (χ4n) is 2.50. The molecule has 2 aliphatic rings. The molecule has 88 valence electrons. The predicted octanol–water partition coefficient (Wildman–Crippen LogP) is 3.46. The van der Waals surface area contributed by atoms with E-state index in [4.69, 9.17) is 0 Å². The highest BCUT2D eigenvalue weighted by Crippen LogP contribution is 2.27. The van der Waals surface area contributed by atoms with Crippen molar-refractivity contribution in [3.05, 3.63) is 35.7 Å². The van der Waals surface area contributed by atoms with Gasteiger partial charge in [-0.2, -0.15) is 0 Å². The third-order valence-electron chi connectivity index (χ3n) is 3.52. The molecule has 0 aromatic rings. The molecule has 2 heteroatoms. The summed E-state index contributed by atoms with van der Waals surface area (Å²) in [6.45, 7) is 2.35. The molecule has 0 radical (unpaired) electrons. The molecule has 1 fully saturated rings. The summed E-state index contributed by atoms with van der Waals surface area (Å²) in [6.07, 6.45) is 11.8. The fourth-order valence-corrected chi connectivity index (χ4v) is 2.50. The normalized spacial score (nSPS) is 28.0. The van der Waals surface area contributed by atoms with Crippen LogP contribution in [0, 0.1) is 5.92 Å². The number of hydrogen-bond donors (Lipinski definition) is 0. The minimum absolute atomic E-state index is 0.100. The number of likely N-dealkylation sites (tertiary alicyclic amines) is 1. The second-order valence-electron chi connectivity index (χ2n) is 4.79. The Morgan fingerprint density at radius 2 is 2.06 bits per heavy atom. The highest BCUT2D eigenvalue weighted by molar-refractivity contribution is 5.31. The molecule has 0 aromatic heterocycles. The molecule has 0 saturated carbocycles. The Morgan fingerprint density at radius 1 is 1.19 bits per heavy atom. The zero-order valence-electron chi connectivity index (χ0n) is 9.95. The summed E-state index contributed by atoms with van der Waals surface area (Å²) in [7, 11) is 2.18. The zero-order valence-corrected chi connectivity index (χ0v) is 9.95. The maximum Gasteiger partial charge on any atom is 0.119 e. The highest BCUT2D eigenvalue weighted by Gasteiger charge is 2.17. The van der Waals surface area contributed by atoms with Crippen LogP contribution in [0.4, 0.5) is 4.39 Å². The smallest absolute Gasteiger partial charge is 0.119 e. The van der Waals surface area contributed by atoms with E-state index >= 15 is 0 Å². The molecular formula is C14H20FN.